The average molecular weight is 593 g/mol. The summed E-state index contributed by atoms with van der Waals surface area (Å²) < 4.78 is 91.6. The molecule has 0 radical (unpaired) electrons. The number of hydrogen-bond donors (Lipinski definition) is 0. The van der Waals surface area contributed by atoms with Gasteiger partial charge in [0.15, 0.2) is 11.2 Å². The van der Waals surface area contributed by atoms with E-state index in [-0.39, 0.29) is 17.9 Å². The molecule has 0 amide bonds. The van der Waals surface area contributed by atoms with Crippen molar-refractivity contribution in [1.29, 1.82) is 0 Å². The van der Waals surface area contributed by atoms with Gasteiger partial charge in [-0.25, -0.2) is 4.39 Å². The van der Waals surface area contributed by atoms with Crippen molar-refractivity contribution in [3.63, 3.8) is 0 Å². The fraction of sp³-hybridized carbons (Fsp3) is 0.571. The summed E-state index contributed by atoms with van der Waals surface area (Å²) >= 11 is 1.20. The topological polar surface area (TPSA) is 52.8 Å². The predicted octanol–water partition coefficient (Wildman–Crippen LogP) is 7.61. The van der Waals surface area contributed by atoms with Crippen LogP contribution in [-0.4, -0.2) is 29.5 Å². The van der Waals surface area contributed by atoms with Crippen molar-refractivity contribution in [2.24, 2.45) is 18.0 Å². The molecule has 0 aliphatic heterocycles. The number of unbranched alkanes of at least 4 members (excludes halogenated alkanes) is 1. The molecule has 12 heteroatoms. The minimum absolute atomic E-state index is 0.140. The number of aromatic nitrogens is 1. The van der Waals surface area contributed by atoms with Crippen LogP contribution in [0.4, 0.5) is 26.3 Å². The van der Waals surface area contributed by atoms with E-state index in [9.17, 15) is 26.7 Å². The van der Waals surface area contributed by atoms with Gasteiger partial charge < -0.3 is 14.0 Å². The Balaban J connectivity index is 1.71. The lowest BCUT2D eigenvalue weighted by Crippen LogP contribution is -2.25. The number of rotatable bonds is 13. The van der Waals surface area contributed by atoms with Crippen LogP contribution in [-0.2, 0) is 29.2 Å². The molecule has 2 aromatic rings. The summed E-state index contributed by atoms with van der Waals surface area (Å²) in [4.78, 5) is 16.9. The maximum Gasteiger partial charge on any atom is 0.417 e. The van der Waals surface area contributed by atoms with E-state index in [1.54, 1.807) is 12.1 Å². The third-order valence-electron chi connectivity index (χ3n) is 6.85. The van der Waals surface area contributed by atoms with Crippen LogP contribution >= 0.6 is 11.8 Å². The molecule has 0 fully saturated rings. The van der Waals surface area contributed by atoms with Gasteiger partial charge in [-0.1, -0.05) is 39.2 Å². The van der Waals surface area contributed by atoms with Crippen molar-refractivity contribution >= 4 is 17.7 Å². The van der Waals surface area contributed by atoms with Gasteiger partial charge in [-0.05, 0) is 48.4 Å². The molecular weight excluding hydrogens is 558 g/mol. The van der Waals surface area contributed by atoms with E-state index >= 15 is 4.39 Å². The molecule has 40 heavy (non-hydrogen) atoms. The first-order valence-corrected chi connectivity index (χ1v) is 14.3. The zero-order valence-electron chi connectivity index (χ0n) is 22.7. The molecule has 0 spiro atoms. The number of pyridine rings is 1. The van der Waals surface area contributed by atoms with E-state index in [4.69, 9.17) is 4.74 Å². The second-order valence-corrected chi connectivity index (χ2v) is 10.9. The normalized spacial score (nSPS) is 16.4. The maximum absolute atomic E-state index is 15.3. The monoisotopic (exact) mass is 592 g/mol. The highest BCUT2D eigenvalue weighted by Gasteiger charge is 2.33. The summed E-state index contributed by atoms with van der Waals surface area (Å²) in [5.41, 5.74) is -0.422. The van der Waals surface area contributed by atoms with Gasteiger partial charge in [0.25, 0.3) is 0 Å². The first-order chi connectivity index (χ1) is 18.9. The van der Waals surface area contributed by atoms with Crippen molar-refractivity contribution in [3.05, 3.63) is 52.4 Å². The van der Waals surface area contributed by atoms with Crippen LogP contribution in [0, 0.1) is 11.7 Å². The predicted molar refractivity (Wildman–Crippen MR) is 140 cm³/mol. The molecule has 5 nitrogen and oxygen atoms in total. The molecule has 1 aromatic carbocycles. The van der Waals surface area contributed by atoms with E-state index in [2.05, 4.69) is 23.6 Å². The number of fused-ring (bicyclic) bond motifs is 1. The van der Waals surface area contributed by atoms with Gasteiger partial charge in [-0.2, -0.15) is 22.0 Å². The minimum Gasteiger partial charge on any atom is -0.465 e. The minimum atomic E-state index is -4.77. The lowest BCUT2D eigenvalue weighted by atomic mass is 10.0. The summed E-state index contributed by atoms with van der Waals surface area (Å²) in [6, 6.07) is 3.08. The molecule has 222 valence electrons. The molecule has 0 saturated heterocycles. The van der Waals surface area contributed by atoms with Crippen molar-refractivity contribution in [2.45, 2.75) is 82.5 Å². The van der Waals surface area contributed by atoms with Crippen molar-refractivity contribution in [2.75, 3.05) is 12.4 Å². The van der Waals surface area contributed by atoms with Crippen LogP contribution < -0.4 is 10.2 Å². The molecule has 3 rings (SSSR count). The molecule has 2 atom stereocenters. The van der Waals surface area contributed by atoms with E-state index in [0.717, 1.165) is 36.4 Å². The highest BCUT2D eigenvalue weighted by atomic mass is 32.2. The van der Waals surface area contributed by atoms with Gasteiger partial charge in [-0.15, -0.1) is 11.8 Å². The van der Waals surface area contributed by atoms with Gasteiger partial charge in [-0.3, -0.25) is 9.79 Å². The molecular formula is C28H34F6N2O3S. The molecule has 2 unspecified atom stereocenters. The first-order valence-electron chi connectivity index (χ1n) is 13.3. The van der Waals surface area contributed by atoms with Crippen molar-refractivity contribution in [1.82, 2.24) is 4.57 Å². The van der Waals surface area contributed by atoms with E-state index in [1.807, 2.05) is 0 Å². The Kier molecular flexibility index (Phi) is 11.4. The molecule has 1 heterocycles. The number of hydrogen-bond acceptors (Lipinski definition) is 5. The number of halogens is 6. The number of ether oxygens (including phenoxy) is 2. The maximum atomic E-state index is 15.3. The Hall–Kier alpha value is -2.63. The Bertz CT molecular complexity index is 1230. The van der Waals surface area contributed by atoms with E-state index in [1.165, 1.54) is 18.8 Å². The molecule has 0 saturated carbocycles. The van der Waals surface area contributed by atoms with Gasteiger partial charge in [0, 0.05) is 23.9 Å². The standard InChI is InChI=1S/C28H34F6N2O3S/c1-4-6-7-17(5-2)16-38-24(37)12-13-40-23-11-9-19-20(25(23)29)8-10-21(19)35-26-22(39-27(30)31)14-18(15-36(26)3)28(32,33)34/h9,11,14-15,17,21,27H,4-8,10,12-13,16H2,1-3H3/b35-26-. The quantitative estimate of drug-likeness (QED) is 0.137. The second kappa shape index (κ2) is 14.3. The highest BCUT2D eigenvalue weighted by Crippen LogP contribution is 2.39. The third kappa shape index (κ3) is 8.44. The summed E-state index contributed by atoms with van der Waals surface area (Å²) in [5, 5.41) is 0. The summed E-state index contributed by atoms with van der Waals surface area (Å²) in [7, 11) is 1.25. The number of esters is 1. The molecule has 1 aliphatic rings. The lowest BCUT2D eigenvalue weighted by Gasteiger charge is -2.15. The van der Waals surface area contributed by atoms with Crippen LogP contribution in [0.15, 0.2) is 34.3 Å². The number of carbonyl (C=O) groups excluding carboxylic acids is 1. The number of alkyl halides is 5. The van der Waals surface area contributed by atoms with Crippen molar-refractivity contribution in [3.8, 4) is 5.75 Å². The van der Waals surface area contributed by atoms with Crippen LogP contribution in [0.2, 0.25) is 0 Å². The zero-order valence-corrected chi connectivity index (χ0v) is 23.5. The lowest BCUT2D eigenvalue weighted by molar-refractivity contribution is -0.144. The molecule has 1 aromatic heterocycles. The number of carbonyl (C=O) groups is 1. The number of nitrogens with zero attached hydrogens (tertiary/aromatic N) is 2. The molecule has 0 N–H and O–H groups in total. The van der Waals surface area contributed by atoms with Gasteiger partial charge >= 0.3 is 18.8 Å². The van der Waals surface area contributed by atoms with Crippen LogP contribution in [0.1, 0.15) is 75.1 Å². The fourth-order valence-corrected chi connectivity index (χ4v) is 5.52. The number of aryl methyl sites for hydroxylation is 1. The van der Waals surface area contributed by atoms with Gasteiger partial charge in [0.2, 0.25) is 0 Å². The summed E-state index contributed by atoms with van der Waals surface area (Å²) in [6.45, 7) is 1.22. The largest absolute Gasteiger partial charge is 0.465 e. The van der Waals surface area contributed by atoms with Crippen LogP contribution in [0.3, 0.4) is 0 Å². The molecule has 1 aliphatic carbocycles. The Morgan fingerprint density at radius 2 is 2.00 bits per heavy atom. The van der Waals surface area contributed by atoms with Crippen LogP contribution in [0.5, 0.6) is 5.75 Å². The number of benzene rings is 1. The third-order valence-corrected chi connectivity index (χ3v) is 7.89. The smallest absolute Gasteiger partial charge is 0.417 e. The SMILES string of the molecule is CCCCC(CC)COC(=O)CCSc1ccc2c(c1F)CCC2/N=c1/c(OC(F)F)cc(C(F)(F)F)cn1C. The zero-order chi connectivity index (χ0) is 29.4. The Morgan fingerprint density at radius 3 is 2.65 bits per heavy atom. The van der Waals surface area contributed by atoms with Gasteiger partial charge in [0.05, 0.1) is 24.6 Å². The molecule has 0 bridgehead atoms. The van der Waals surface area contributed by atoms with E-state index in [0.29, 0.717) is 53.2 Å². The highest BCUT2D eigenvalue weighted by molar-refractivity contribution is 7.99. The van der Waals surface area contributed by atoms with Crippen LogP contribution in [0.25, 0.3) is 0 Å². The first kappa shape index (κ1) is 31.9. The summed E-state index contributed by atoms with van der Waals surface area (Å²) in [5.74, 6) is -0.805. The van der Waals surface area contributed by atoms with Gasteiger partial charge in [0.1, 0.15) is 5.82 Å². The van der Waals surface area contributed by atoms with Crippen molar-refractivity contribution < 1.29 is 40.6 Å². The summed E-state index contributed by atoms with van der Waals surface area (Å²) in [6.07, 6.45) is 0.905. The van der Waals surface area contributed by atoms with E-state index < -0.39 is 36.0 Å². The Labute approximate surface area is 234 Å². The Morgan fingerprint density at radius 1 is 1.25 bits per heavy atom. The second-order valence-electron chi connectivity index (χ2n) is 9.73. The fourth-order valence-electron chi connectivity index (χ4n) is 4.62. The average Bonchev–Trinajstić information content (AvgIpc) is 3.30. The number of thioether (sulfide) groups is 1.